The molecule has 28 nitrogen and oxygen atoms in total. The first-order valence-electron chi connectivity index (χ1n) is 33.2. The van der Waals surface area contributed by atoms with Crippen LogP contribution in [0.5, 0.6) is 0 Å². The van der Waals surface area contributed by atoms with Gasteiger partial charge >= 0.3 is 0 Å². The number of aryl methyl sites for hydroxylation is 4. The normalized spacial score (nSPS) is 14.8. The highest BCUT2D eigenvalue weighted by Gasteiger charge is 2.37. The number of rotatable bonds is 26. The summed E-state index contributed by atoms with van der Waals surface area (Å²) in [5.74, 6) is -4.43. The number of nitrogens with two attached hydrogens (primary N) is 4. The van der Waals surface area contributed by atoms with Crippen molar-refractivity contribution >= 4 is 79.2 Å². The highest BCUT2D eigenvalue weighted by atomic mass is 32.2. The predicted molar refractivity (Wildman–Crippen MR) is 378 cm³/mol. The molecule has 2 aliphatic rings. The monoisotopic (exact) mass is 1440 g/mol. The Morgan fingerprint density at radius 1 is 0.431 bits per heavy atom. The van der Waals surface area contributed by atoms with E-state index in [0.717, 1.165) is 97.6 Å². The number of aromatic nitrogens is 2. The largest absolute Gasteiger partial charge is 0.744 e. The summed E-state index contributed by atoms with van der Waals surface area (Å²) < 4.78 is 66.0. The first kappa shape index (κ1) is 82.4. The van der Waals surface area contributed by atoms with Crippen molar-refractivity contribution < 1.29 is 73.4 Å². The Morgan fingerprint density at radius 3 is 1.00 bits per heavy atom. The molecule has 30 heteroatoms. The van der Waals surface area contributed by atoms with Crippen LogP contribution in [-0.2, 0) is 98.4 Å². The molecular formula is C72H94N14O14S2. The van der Waals surface area contributed by atoms with Crippen LogP contribution in [0.3, 0.4) is 0 Å². The summed E-state index contributed by atoms with van der Waals surface area (Å²) in [5.41, 5.74) is 28.5. The molecule has 6 aromatic rings. The van der Waals surface area contributed by atoms with E-state index < -0.39 is 91.9 Å². The Bertz CT molecular complexity index is 3850. The molecule has 16 N–H and O–H groups in total. The van der Waals surface area contributed by atoms with E-state index in [9.17, 15) is 64.3 Å². The first-order chi connectivity index (χ1) is 48.1. The third-order valence-electron chi connectivity index (χ3n) is 17.0. The van der Waals surface area contributed by atoms with Crippen molar-refractivity contribution in [2.75, 3.05) is 0 Å². The van der Waals surface area contributed by atoms with Crippen LogP contribution in [0.15, 0.2) is 156 Å². The van der Waals surface area contributed by atoms with Gasteiger partial charge in [0.1, 0.15) is 82.3 Å². The van der Waals surface area contributed by atoms with Crippen LogP contribution in [0.25, 0.3) is 0 Å². The van der Waals surface area contributed by atoms with E-state index in [1.807, 2.05) is 86.1 Å². The second kappa shape index (κ2) is 39.6. The minimum Gasteiger partial charge on any atom is -0.744 e. The molecule has 0 spiro atoms. The maximum atomic E-state index is 13.6. The molecule has 4 aromatic carbocycles. The van der Waals surface area contributed by atoms with E-state index in [1.54, 1.807) is 72.8 Å². The summed E-state index contributed by atoms with van der Waals surface area (Å²) in [6.45, 7) is 6.29. The smallest absolute Gasteiger partial charge is 0.243 e. The molecule has 548 valence electrons. The molecule has 2 fully saturated rings. The van der Waals surface area contributed by atoms with Crippen molar-refractivity contribution in [3.05, 3.63) is 191 Å². The maximum absolute atomic E-state index is 13.6. The van der Waals surface area contributed by atoms with Crippen molar-refractivity contribution in [2.45, 2.75) is 164 Å². The fourth-order valence-electron chi connectivity index (χ4n) is 11.7. The summed E-state index contributed by atoms with van der Waals surface area (Å²) in [6.07, 6.45) is 17.1. The van der Waals surface area contributed by atoms with Crippen molar-refractivity contribution in [2.24, 2.45) is 48.9 Å². The van der Waals surface area contributed by atoms with Crippen LogP contribution in [0.4, 0.5) is 0 Å². The van der Waals surface area contributed by atoms with Gasteiger partial charge in [0.05, 0.1) is 9.79 Å². The predicted octanol–water partition coefficient (Wildman–Crippen LogP) is 2.04. The van der Waals surface area contributed by atoms with Gasteiger partial charge in [-0.25, -0.2) is 26.0 Å². The number of primary amides is 2. The first-order valence-corrected chi connectivity index (χ1v) is 36.0. The van der Waals surface area contributed by atoms with Crippen LogP contribution < -0.4 is 64.0 Å². The number of hydrogen-bond acceptors (Lipinski definition) is 16. The van der Waals surface area contributed by atoms with Crippen LogP contribution in [0.1, 0.15) is 123 Å². The molecule has 2 aliphatic carbocycles. The molecule has 8 rings (SSSR count). The van der Waals surface area contributed by atoms with E-state index in [0.29, 0.717) is 11.1 Å². The molecule has 0 radical (unpaired) electrons. The van der Waals surface area contributed by atoms with E-state index in [4.69, 9.17) is 33.8 Å². The summed E-state index contributed by atoms with van der Waals surface area (Å²) >= 11 is 0. The molecule has 2 saturated carbocycles. The van der Waals surface area contributed by atoms with Crippen LogP contribution in [-0.4, -0.2) is 121 Å². The Hall–Kier alpha value is -10.3. The zero-order valence-corrected chi connectivity index (χ0v) is 59.7. The Kier molecular flexibility index (Phi) is 32.0. The lowest BCUT2D eigenvalue weighted by Crippen LogP contribution is -2.59. The highest BCUT2D eigenvalue weighted by Crippen LogP contribution is 2.29. The van der Waals surface area contributed by atoms with Gasteiger partial charge in [-0.15, -0.1) is 0 Å². The lowest BCUT2D eigenvalue weighted by Gasteiger charge is -2.32. The Labute approximate surface area is 595 Å². The van der Waals surface area contributed by atoms with Crippen LogP contribution >= 0.6 is 0 Å². The zero-order valence-electron chi connectivity index (χ0n) is 58.1. The highest BCUT2D eigenvalue weighted by molar-refractivity contribution is 7.86. The lowest BCUT2D eigenvalue weighted by atomic mass is 9.83. The molecule has 0 aliphatic heterocycles. The van der Waals surface area contributed by atoms with E-state index in [2.05, 4.69) is 31.9 Å². The topological polar surface area (TPSA) is 483 Å². The average Bonchev–Trinajstić information content (AvgIpc) is 0.846. The average molecular weight is 1440 g/mol. The summed E-state index contributed by atoms with van der Waals surface area (Å²) in [4.78, 5) is 102. The van der Waals surface area contributed by atoms with E-state index in [1.165, 1.54) is 38.1 Å². The van der Waals surface area contributed by atoms with Gasteiger partial charge < -0.3 is 63.9 Å². The van der Waals surface area contributed by atoms with Gasteiger partial charge in [0.2, 0.25) is 47.3 Å². The van der Waals surface area contributed by atoms with E-state index >= 15 is 0 Å². The quantitative estimate of drug-likeness (QED) is 0.0160. The number of benzene rings is 4. The van der Waals surface area contributed by atoms with Gasteiger partial charge in [0.15, 0.2) is 24.8 Å². The van der Waals surface area contributed by atoms with Crippen molar-refractivity contribution in [3.63, 3.8) is 0 Å². The van der Waals surface area contributed by atoms with Gasteiger partial charge in [-0.3, -0.25) is 49.2 Å². The number of amidine groups is 2. The van der Waals surface area contributed by atoms with Crippen LogP contribution in [0, 0.1) is 36.5 Å². The minimum atomic E-state index is -4.27. The maximum Gasteiger partial charge on any atom is 0.243 e. The molecule has 8 amide bonds. The summed E-state index contributed by atoms with van der Waals surface area (Å²) in [5, 5.41) is 31.8. The Morgan fingerprint density at radius 2 is 0.735 bits per heavy atom. The van der Waals surface area contributed by atoms with Crippen molar-refractivity contribution in [1.29, 1.82) is 10.8 Å². The summed E-state index contributed by atoms with van der Waals surface area (Å²) in [6, 6.07) is 27.1. The molecule has 102 heavy (non-hydrogen) atoms. The molecule has 0 bridgehead atoms. The number of nitrogens with one attached hydrogen (secondary N) is 8. The molecule has 0 saturated heterocycles. The number of pyridine rings is 2. The lowest BCUT2D eigenvalue weighted by molar-refractivity contribution is -0.672. The second-order valence-electron chi connectivity index (χ2n) is 25.5. The van der Waals surface area contributed by atoms with Gasteiger partial charge in [-0.1, -0.05) is 122 Å². The third-order valence-corrected chi connectivity index (χ3v) is 18.7. The number of amides is 8. The summed E-state index contributed by atoms with van der Waals surface area (Å²) in [7, 11) is -4.82. The molecule has 6 atom stereocenters. The standard InChI is InChI=1S/2C29H39N7O4.2C7H8O3S/c2*1-18(37)33-24(15-19-10-12-22(13-11-19)26(30)31)28(39)35-25(21-8-4-3-5-9-21)29(40)34-23(27(32)38)16-20-7-6-14-36(2)17-20;2*1-6-2-4-7(5-3-6)11(8,9)10/h2*6-7,10-14,17,21,23-25H,3-5,8-9,15-16H2,1-2H3,(H7-,30,31,32,33,34,35,37,38,39,40);2*2-5H,1H3,(H,8,9,10)/t2*23-,24-,25-;;/m00../s1. The fraction of sp³-hybridized carbons (Fsp3) is 0.389. The number of hydrogen-bond donors (Lipinski definition) is 12. The van der Waals surface area contributed by atoms with Gasteiger partial charge in [0.25, 0.3) is 0 Å². The van der Waals surface area contributed by atoms with Gasteiger partial charge in [-0.2, -0.15) is 0 Å². The van der Waals surface area contributed by atoms with Crippen LogP contribution in [0.2, 0.25) is 0 Å². The number of carbonyl (C=O) groups excluding carboxylic acids is 8. The number of carbonyl (C=O) groups is 8. The fourth-order valence-corrected chi connectivity index (χ4v) is 12.6. The third kappa shape index (κ3) is 28.4. The second-order valence-corrected chi connectivity index (χ2v) is 28.3. The Balaban J connectivity index is 0.000000282. The number of nitrogens with zero attached hydrogens (tertiary/aromatic N) is 2. The molecule has 2 heterocycles. The minimum absolute atomic E-state index is 0.0699. The molecule has 0 unspecified atom stereocenters. The van der Waals surface area contributed by atoms with Gasteiger partial charge in [-0.05, 0) is 98.9 Å². The molecule has 2 aromatic heterocycles. The van der Waals surface area contributed by atoms with Gasteiger partial charge in [0, 0.05) is 73.9 Å². The zero-order chi connectivity index (χ0) is 75.4. The SMILES string of the molecule is CC(=O)N[C@@H](Cc1ccc(C(=N)N)cc1)C(=O)N[C@H](C(=O)N[C@@H](Cc1ccc[n+](C)c1)C(N)=O)C1CCCCC1.CC(=O)N[C@@H](Cc1ccc(C(=N)N)cc1)C(=O)N[C@H](C(=O)N[C@@H](Cc1ccc[n+](C)c1)C(N)=O)C1CCCCC1.Cc1ccc(S(=O)(=O)[O-])cc1.Cc1ccc(S(=O)(=O)[O-])cc1. The van der Waals surface area contributed by atoms with E-state index in [-0.39, 0.29) is 70.8 Å². The molecular weight excluding hydrogens is 1350 g/mol. The number of nitrogen functional groups attached to an aromatic ring is 2. The van der Waals surface area contributed by atoms with Crippen molar-refractivity contribution in [1.82, 2.24) is 31.9 Å². The van der Waals surface area contributed by atoms with Crippen molar-refractivity contribution in [3.8, 4) is 0 Å².